The second kappa shape index (κ2) is 6.41. The van der Waals surface area contributed by atoms with Crippen molar-refractivity contribution in [2.45, 2.75) is 52.7 Å². The minimum absolute atomic E-state index is 0.177. The molecule has 2 rings (SSSR count). The first-order chi connectivity index (χ1) is 9.77. The summed E-state index contributed by atoms with van der Waals surface area (Å²) in [6.45, 7) is 11.5. The van der Waals surface area contributed by atoms with Crippen molar-refractivity contribution in [3.05, 3.63) is 35.4 Å². The fourth-order valence-electron chi connectivity index (χ4n) is 2.80. The molecule has 0 radical (unpaired) electrons. The lowest BCUT2D eigenvalue weighted by molar-refractivity contribution is 0.157. The van der Waals surface area contributed by atoms with Crippen LogP contribution in [-0.4, -0.2) is 30.1 Å². The normalized spacial score (nSPS) is 24.9. The van der Waals surface area contributed by atoms with Gasteiger partial charge in [0, 0.05) is 25.2 Å². The summed E-state index contributed by atoms with van der Waals surface area (Å²) in [5, 5.41) is 3.61. The van der Waals surface area contributed by atoms with Gasteiger partial charge in [0.2, 0.25) is 0 Å². The molecule has 118 valence electrons. The lowest BCUT2D eigenvalue weighted by Crippen LogP contribution is -2.47. The molecule has 1 aliphatic heterocycles. The smallest absolute Gasteiger partial charge is 0.159 e. The first-order valence-corrected chi connectivity index (χ1v) is 7.68. The average Bonchev–Trinajstić information content (AvgIpc) is 2.56. The van der Waals surface area contributed by atoms with Crippen LogP contribution in [0, 0.1) is 17.0 Å². The topological polar surface area (TPSA) is 15.3 Å². The zero-order chi connectivity index (χ0) is 15.6. The molecular weight excluding hydrogens is 270 g/mol. The molecule has 4 heteroatoms. The van der Waals surface area contributed by atoms with Gasteiger partial charge in [-0.3, -0.25) is 4.90 Å². The molecule has 0 aromatic heterocycles. The van der Waals surface area contributed by atoms with Gasteiger partial charge in [0.25, 0.3) is 0 Å². The molecule has 1 fully saturated rings. The quantitative estimate of drug-likeness (QED) is 0.897. The predicted molar refractivity (Wildman–Crippen MR) is 82.1 cm³/mol. The standard InChI is InChI=1S/C17H26F2N2/c1-12-7-8-20-16(17(2,3)4)11-21(12)10-13-5-6-14(18)15(19)9-13/h5-6,9,12,16,20H,7-8,10-11H2,1-4H3. The van der Waals surface area contributed by atoms with Crippen LogP contribution in [0.2, 0.25) is 0 Å². The minimum Gasteiger partial charge on any atom is -0.312 e. The zero-order valence-corrected chi connectivity index (χ0v) is 13.4. The molecule has 21 heavy (non-hydrogen) atoms. The number of halogens is 2. The zero-order valence-electron chi connectivity index (χ0n) is 13.4. The summed E-state index contributed by atoms with van der Waals surface area (Å²) in [7, 11) is 0. The van der Waals surface area contributed by atoms with Crippen molar-refractivity contribution in [1.82, 2.24) is 10.2 Å². The molecule has 2 atom stereocenters. The Balaban J connectivity index is 2.13. The van der Waals surface area contributed by atoms with E-state index in [0.29, 0.717) is 18.6 Å². The molecule has 1 aromatic rings. The molecule has 0 bridgehead atoms. The van der Waals surface area contributed by atoms with E-state index in [1.54, 1.807) is 6.07 Å². The van der Waals surface area contributed by atoms with Crippen molar-refractivity contribution in [1.29, 1.82) is 0 Å². The van der Waals surface area contributed by atoms with E-state index in [1.165, 1.54) is 12.1 Å². The first kappa shape index (κ1) is 16.4. The fraction of sp³-hybridized carbons (Fsp3) is 0.647. The summed E-state index contributed by atoms with van der Waals surface area (Å²) in [4.78, 5) is 2.36. The number of rotatable bonds is 2. The molecule has 1 heterocycles. The van der Waals surface area contributed by atoms with Gasteiger partial charge in [0.1, 0.15) is 0 Å². The summed E-state index contributed by atoms with van der Waals surface area (Å²) < 4.78 is 26.4. The second-order valence-corrected chi connectivity index (χ2v) is 7.19. The largest absolute Gasteiger partial charge is 0.312 e. The molecular formula is C17H26F2N2. The highest BCUT2D eigenvalue weighted by atomic mass is 19.2. The number of hydrogen-bond donors (Lipinski definition) is 1. The Morgan fingerprint density at radius 1 is 1.24 bits per heavy atom. The summed E-state index contributed by atoms with van der Waals surface area (Å²) in [6.07, 6.45) is 1.07. The van der Waals surface area contributed by atoms with Crippen LogP contribution in [0.5, 0.6) is 0 Å². The Bertz CT molecular complexity index is 482. The Kier molecular flexibility index (Phi) is 4.99. The van der Waals surface area contributed by atoms with Gasteiger partial charge >= 0.3 is 0 Å². The van der Waals surface area contributed by atoms with Crippen molar-refractivity contribution >= 4 is 0 Å². The molecule has 0 spiro atoms. The van der Waals surface area contributed by atoms with Crippen LogP contribution in [0.4, 0.5) is 8.78 Å². The summed E-state index contributed by atoms with van der Waals surface area (Å²) in [6, 6.07) is 5.03. The highest BCUT2D eigenvalue weighted by Gasteiger charge is 2.30. The van der Waals surface area contributed by atoms with Gasteiger partial charge in [0.15, 0.2) is 11.6 Å². The van der Waals surface area contributed by atoms with E-state index in [1.807, 2.05) is 0 Å². The summed E-state index contributed by atoms with van der Waals surface area (Å²) >= 11 is 0. The van der Waals surface area contributed by atoms with Gasteiger partial charge < -0.3 is 5.32 Å². The van der Waals surface area contributed by atoms with Crippen molar-refractivity contribution in [3.8, 4) is 0 Å². The van der Waals surface area contributed by atoms with E-state index in [0.717, 1.165) is 25.1 Å². The number of nitrogens with one attached hydrogen (secondary N) is 1. The van der Waals surface area contributed by atoms with Crippen molar-refractivity contribution in [2.24, 2.45) is 5.41 Å². The average molecular weight is 296 g/mol. The van der Waals surface area contributed by atoms with Crippen LogP contribution in [0.25, 0.3) is 0 Å². The molecule has 0 saturated carbocycles. The lowest BCUT2D eigenvalue weighted by atomic mass is 9.86. The van der Waals surface area contributed by atoms with Crippen LogP contribution >= 0.6 is 0 Å². The molecule has 1 saturated heterocycles. The molecule has 1 N–H and O–H groups in total. The third-order valence-electron chi connectivity index (χ3n) is 4.41. The van der Waals surface area contributed by atoms with E-state index < -0.39 is 11.6 Å². The van der Waals surface area contributed by atoms with E-state index in [9.17, 15) is 8.78 Å². The van der Waals surface area contributed by atoms with Gasteiger partial charge in [-0.05, 0) is 43.0 Å². The second-order valence-electron chi connectivity index (χ2n) is 7.19. The first-order valence-electron chi connectivity index (χ1n) is 7.68. The Morgan fingerprint density at radius 3 is 2.57 bits per heavy atom. The minimum atomic E-state index is -0.781. The van der Waals surface area contributed by atoms with Crippen LogP contribution < -0.4 is 5.32 Å². The SMILES string of the molecule is CC1CCNC(C(C)(C)C)CN1Cc1ccc(F)c(F)c1. The third-order valence-corrected chi connectivity index (χ3v) is 4.41. The van der Waals surface area contributed by atoms with E-state index in [-0.39, 0.29) is 5.41 Å². The fourth-order valence-corrected chi connectivity index (χ4v) is 2.80. The Morgan fingerprint density at radius 2 is 1.95 bits per heavy atom. The Hall–Kier alpha value is -1.00. The van der Waals surface area contributed by atoms with Gasteiger partial charge in [-0.15, -0.1) is 0 Å². The molecule has 2 nitrogen and oxygen atoms in total. The van der Waals surface area contributed by atoms with Gasteiger partial charge in [0.05, 0.1) is 0 Å². The number of nitrogens with zero attached hydrogens (tertiary/aromatic N) is 1. The maximum absolute atomic E-state index is 13.4. The molecule has 0 aliphatic carbocycles. The highest BCUT2D eigenvalue weighted by molar-refractivity contribution is 5.18. The molecule has 1 aliphatic rings. The maximum Gasteiger partial charge on any atom is 0.159 e. The van der Waals surface area contributed by atoms with Crippen molar-refractivity contribution in [3.63, 3.8) is 0 Å². The molecule has 1 aromatic carbocycles. The van der Waals surface area contributed by atoms with E-state index in [2.05, 4.69) is 37.9 Å². The van der Waals surface area contributed by atoms with Gasteiger partial charge in [-0.2, -0.15) is 0 Å². The van der Waals surface area contributed by atoms with Gasteiger partial charge in [-0.1, -0.05) is 26.8 Å². The summed E-state index contributed by atoms with van der Waals surface area (Å²) in [5.41, 5.74) is 1.01. The number of benzene rings is 1. The van der Waals surface area contributed by atoms with Crippen molar-refractivity contribution in [2.75, 3.05) is 13.1 Å². The van der Waals surface area contributed by atoms with E-state index >= 15 is 0 Å². The van der Waals surface area contributed by atoms with E-state index in [4.69, 9.17) is 0 Å². The predicted octanol–water partition coefficient (Wildman–Crippen LogP) is 3.56. The van der Waals surface area contributed by atoms with Crippen LogP contribution in [0.15, 0.2) is 18.2 Å². The lowest BCUT2D eigenvalue weighted by Gasteiger charge is -2.35. The monoisotopic (exact) mass is 296 g/mol. The van der Waals surface area contributed by atoms with Crippen LogP contribution in [0.3, 0.4) is 0 Å². The van der Waals surface area contributed by atoms with Crippen molar-refractivity contribution < 1.29 is 8.78 Å². The van der Waals surface area contributed by atoms with Gasteiger partial charge in [-0.25, -0.2) is 8.78 Å². The maximum atomic E-state index is 13.4. The summed E-state index contributed by atoms with van der Waals surface area (Å²) in [5.74, 6) is -1.54. The van der Waals surface area contributed by atoms with Crippen LogP contribution in [-0.2, 0) is 6.54 Å². The third kappa shape index (κ3) is 4.24. The molecule has 2 unspecified atom stereocenters. The molecule has 0 amide bonds. The van der Waals surface area contributed by atoms with Crippen LogP contribution in [0.1, 0.15) is 39.7 Å². The highest BCUT2D eigenvalue weighted by Crippen LogP contribution is 2.24. The number of hydrogen-bond acceptors (Lipinski definition) is 2. The Labute approximate surface area is 126 Å².